The zero-order chi connectivity index (χ0) is 22.2. The van der Waals surface area contributed by atoms with Crippen molar-refractivity contribution in [2.75, 3.05) is 12.9 Å². The van der Waals surface area contributed by atoms with E-state index >= 15 is 0 Å². The number of carbonyl (C=O) groups excluding carboxylic acids is 1. The van der Waals surface area contributed by atoms with Crippen molar-refractivity contribution in [2.45, 2.75) is 17.5 Å². The fourth-order valence-electron chi connectivity index (χ4n) is 4.34. The van der Waals surface area contributed by atoms with Crippen LogP contribution in [0.3, 0.4) is 0 Å². The van der Waals surface area contributed by atoms with E-state index in [-0.39, 0.29) is 11.5 Å². The van der Waals surface area contributed by atoms with E-state index in [0.29, 0.717) is 12.2 Å². The van der Waals surface area contributed by atoms with Crippen LogP contribution in [0.5, 0.6) is 0 Å². The highest BCUT2D eigenvalue weighted by molar-refractivity contribution is 9.10. The van der Waals surface area contributed by atoms with Crippen LogP contribution in [0.1, 0.15) is 17.2 Å². The summed E-state index contributed by atoms with van der Waals surface area (Å²) in [7, 11) is 1.36. The Hall–Kier alpha value is -2.83. The van der Waals surface area contributed by atoms with Crippen LogP contribution in [0.15, 0.2) is 87.1 Å². The maximum Gasteiger partial charge on any atom is 0.329 e. The van der Waals surface area contributed by atoms with Gasteiger partial charge in [-0.2, -0.15) is 0 Å². The van der Waals surface area contributed by atoms with Crippen LogP contribution in [0.25, 0.3) is 21.9 Å². The highest BCUT2D eigenvalue weighted by Gasteiger charge is 2.34. The Morgan fingerprint density at radius 3 is 2.59 bits per heavy atom. The van der Waals surface area contributed by atoms with Gasteiger partial charge in [0.15, 0.2) is 0 Å². The summed E-state index contributed by atoms with van der Waals surface area (Å²) in [5.74, 6) is 0.102. The van der Waals surface area contributed by atoms with Crippen molar-refractivity contribution in [3.63, 3.8) is 0 Å². The zero-order valence-electron chi connectivity index (χ0n) is 17.4. The number of hydrogen-bond acceptors (Lipinski definition) is 4. The lowest BCUT2D eigenvalue weighted by molar-refractivity contribution is -0.143. The number of hydrogen-bond donors (Lipinski definition) is 0. The molecule has 1 aliphatic heterocycles. The fourth-order valence-corrected chi connectivity index (χ4v) is 5.96. The van der Waals surface area contributed by atoms with Gasteiger partial charge in [0.05, 0.1) is 12.1 Å². The molecule has 6 heteroatoms. The average Bonchev–Trinajstić information content (AvgIpc) is 3.25. The van der Waals surface area contributed by atoms with Crippen LogP contribution >= 0.6 is 27.7 Å². The number of fused-ring (bicyclic) bond motifs is 2. The molecular formula is C26H20BrNO3S. The molecule has 160 valence electrons. The maximum absolute atomic E-state index is 13.2. The molecule has 0 unspecified atom stereocenters. The van der Waals surface area contributed by atoms with Gasteiger partial charge in [-0.1, -0.05) is 70.5 Å². The number of nitrogens with zero attached hydrogens (tertiary/aromatic N) is 1. The summed E-state index contributed by atoms with van der Waals surface area (Å²) >= 11 is 5.05. The quantitative estimate of drug-likeness (QED) is 0.327. The van der Waals surface area contributed by atoms with Crippen molar-refractivity contribution in [1.29, 1.82) is 0 Å². The molecule has 1 aromatic heterocycles. The van der Waals surface area contributed by atoms with Gasteiger partial charge in [-0.05, 0) is 46.0 Å². The molecule has 0 saturated carbocycles. The predicted octanol–water partition coefficient (Wildman–Crippen LogP) is 5.84. The van der Waals surface area contributed by atoms with Gasteiger partial charge in [0.2, 0.25) is 0 Å². The lowest BCUT2D eigenvalue weighted by atomic mass is 9.93. The number of pyridine rings is 1. The second kappa shape index (κ2) is 8.60. The number of esters is 1. The Morgan fingerprint density at radius 1 is 1.06 bits per heavy atom. The highest BCUT2D eigenvalue weighted by Crippen LogP contribution is 2.42. The minimum atomic E-state index is -0.603. The minimum Gasteiger partial charge on any atom is -0.467 e. The molecule has 0 radical (unpaired) electrons. The third kappa shape index (κ3) is 3.67. The first kappa shape index (κ1) is 21.0. The van der Waals surface area contributed by atoms with Crippen molar-refractivity contribution in [3.8, 4) is 11.1 Å². The molecule has 3 aromatic carbocycles. The van der Waals surface area contributed by atoms with Gasteiger partial charge in [0.1, 0.15) is 6.04 Å². The summed E-state index contributed by atoms with van der Waals surface area (Å²) < 4.78 is 7.55. The number of ether oxygens (including phenoxy) is 1. The molecule has 0 spiro atoms. The van der Waals surface area contributed by atoms with Gasteiger partial charge < -0.3 is 4.74 Å². The van der Waals surface area contributed by atoms with Gasteiger partial charge in [-0.15, -0.1) is 11.8 Å². The summed E-state index contributed by atoms with van der Waals surface area (Å²) in [6.07, 6.45) is 0.624. The Bertz CT molecular complexity index is 1390. The monoisotopic (exact) mass is 505 g/mol. The maximum atomic E-state index is 13.2. The smallest absolute Gasteiger partial charge is 0.329 e. The molecule has 1 aliphatic rings. The van der Waals surface area contributed by atoms with E-state index in [9.17, 15) is 9.59 Å². The van der Waals surface area contributed by atoms with E-state index < -0.39 is 6.04 Å². The van der Waals surface area contributed by atoms with Crippen molar-refractivity contribution < 1.29 is 9.53 Å². The largest absolute Gasteiger partial charge is 0.467 e. The van der Waals surface area contributed by atoms with Crippen LogP contribution in [-0.2, 0) is 16.0 Å². The Labute approximate surface area is 198 Å². The van der Waals surface area contributed by atoms with Crippen LogP contribution in [0.4, 0.5) is 0 Å². The first-order valence-corrected chi connectivity index (χ1v) is 12.1. The molecule has 0 fully saturated rings. The first-order chi connectivity index (χ1) is 15.6. The average molecular weight is 506 g/mol. The molecule has 0 aliphatic carbocycles. The number of halogens is 1. The molecule has 0 N–H and O–H groups in total. The van der Waals surface area contributed by atoms with Gasteiger partial charge in [0.25, 0.3) is 5.56 Å². The third-order valence-corrected chi connectivity index (χ3v) is 7.53. The Morgan fingerprint density at radius 2 is 1.81 bits per heavy atom. The van der Waals surface area contributed by atoms with E-state index in [4.69, 9.17) is 4.74 Å². The molecule has 5 rings (SSSR count). The molecule has 4 aromatic rings. The van der Waals surface area contributed by atoms with Crippen molar-refractivity contribution in [1.82, 2.24) is 4.57 Å². The van der Waals surface area contributed by atoms with Crippen molar-refractivity contribution >= 4 is 44.4 Å². The van der Waals surface area contributed by atoms with Crippen molar-refractivity contribution in [2.24, 2.45) is 0 Å². The van der Waals surface area contributed by atoms with Gasteiger partial charge in [0, 0.05) is 21.9 Å². The molecule has 2 heterocycles. The minimum absolute atomic E-state index is 0.170. The van der Waals surface area contributed by atoms with E-state index in [1.54, 1.807) is 10.6 Å². The summed E-state index contributed by atoms with van der Waals surface area (Å²) in [4.78, 5) is 25.5. The van der Waals surface area contributed by atoms with Crippen LogP contribution < -0.4 is 5.56 Å². The molecule has 0 saturated heterocycles. The summed E-state index contributed by atoms with van der Waals surface area (Å²) in [6, 6.07) is 23.7. The number of thioether (sulfide) groups is 1. The van der Waals surface area contributed by atoms with E-state index in [0.717, 1.165) is 26.2 Å². The molecule has 0 bridgehead atoms. The number of rotatable bonds is 4. The van der Waals surface area contributed by atoms with E-state index in [1.165, 1.54) is 35.2 Å². The topological polar surface area (TPSA) is 48.3 Å². The van der Waals surface area contributed by atoms with Crippen LogP contribution in [-0.4, -0.2) is 23.4 Å². The summed E-state index contributed by atoms with van der Waals surface area (Å²) in [5, 5.41) is 3.18. The zero-order valence-corrected chi connectivity index (χ0v) is 19.8. The Balaban J connectivity index is 1.72. The fraction of sp³-hybridized carbons (Fsp3) is 0.154. The molecule has 4 nitrogen and oxygen atoms in total. The van der Waals surface area contributed by atoms with Gasteiger partial charge >= 0.3 is 5.97 Å². The van der Waals surface area contributed by atoms with E-state index in [1.807, 2.05) is 36.4 Å². The van der Waals surface area contributed by atoms with Crippen LogP contribution in [0, 0.1) is 0 Å². The molecule has 0 amide bonds. The predicted molar refractivity (Wildman–Crippen MR) is 132 cm³/mol. The molecule has 1 atom stereocenters. The lowest BCUT2D eigenvalue weighted by Gasteiger charge is -2.18. The van der Waals surface area contributed by atoms with Gasteiger partial charge in [-0.25, -0.2) is 4.79 Å². The van der Waals surface area contributed by atoms with Gasteiger partial charge in [-0.3, -0.25) is 9.36 Å². The molecular weight excluding hydrogens is 486 g/mol. The highest BCUT2D eigenvalue weighted by atomic mass is 79.9. The normalized spacial score (nSPS) is 15.0. The third-order valence-electron chi connectivity index (χ3n) is 5.85. The first-order valence-electron chi connectivity index (χ1n) is 10.3. The van der Waals surface area contributed by atoms with Crippen LogP contribution in [0.2, 0.25) is 0 Å². The van der Waals surface area contributed by atoms with E-state index in [2.05, 4.69) is 46.3 Å². The second-order valence-electron chi connectivity index (χ2n) is 7.73. The standard InChI is InChI=1S/C26H20BrNO3S/c1-31-26(30)22-15-32-25-24(17-9-11-20(27)12-10-17)19(14-23(29)28(22)25)13-18-7-4-6-16-5-2-3-8-21(16)18/h2-12,14,22H,13,15H2,1H3/t22-/m0/s1. The molecule has 32 heavy (non-hydrogen) atoms. The SMILES string of the molecule is COC(=O)[C@@H]1CSc2c(-c3ccc(Br)cc3)c(Cc3cccc4ccccc34)cc(=O)n21. The Kier molecular flexibility index (Phi) is 5.66. The number of aromatic nitrogens is 1. The number of carbonyl (C=O) groups is 1. The second-order valence-corrected chi connectivity index (χ2v) is 9.65. The summed E-state index contributed by atoms with van der Waals surface area (Å²) in [5.41, 5.74) is 3.97. The number of methoxy groups -OCH3 is 1. The summed E-state index contributed by atoms with van der Waals surface area (Å²) in [6.45, 7) is 0. The number of benzene rings is 3. The lowest BCUT2D eigenvalue weighted by Crippen LogP contribution is -2.30. The van der Waals surface area contributed by atoms with Crippen molar-refractivity contribution in [3.05, 3.63) is 98.7 Å².